The highest BCUT2D eigenvalue weighted by Crippen LogP contribution is 2.44. The molecule has 0 radical (unpaired) electrons. The van der Waals surface area contributed by atoms with Crippen molar-refractivity contribution < 1.29 is 18.9 Å². The summed E-state index contributed by atoms with van der Waals surface area (Å²) in [6.07, 6.45) is 5.30. The highest BCUT2D eigenvalue weighted by Gasteiger charge is 2.55. The standard InChI is InChI=1S/C28H30BNO4/c1-5-28(6-2)27(31)30(26-24(32-3)13-10-14-25(26)33-4)29(34-28)23-19-17-22(18-20-23)16-15-21-11-8-7-9-12-21/h7-20H,5-6H2,1-4H3/b16-15+. The van der Waals surface area contributed by atoms with Crippen LogP contribution in [0.15, 0.2) is 72.8 Å². The maximum absolute atomic E-state index is 13.8. The highest BCUT2D eigenvalue weighted by atomic mass is 16.5. The smallest absolute Gasteiger partial charge is 0.460 e. The molecule has 0 N–H and O–H groups in total. The van der Waals surface area contributed by atoms with Gasteiger partial charge in [-0.1, -0.05) is 86.7 Å². The predicted molar refractivity (Wildman–Crippen MR) is 139 cm³/mol. The molecule has 3 aromatic rings. The van der Waals surface area contributed by atoms with E-state index in [2.05, 4.69) is 24.3 Å². The molecular weight excluding hydrogens is 425 g/mol. The summed E-state index contributed by atoms with van der Waals surface area (Å²) < 4.78 is 17.8. The maximum atomic E-state index is 13.8. The number of carbonyl (C=O) groups is 1. The Morgan fingerprint density at radius 1 is 0.824 bits per heavy atom. The Bertz CT molecular complexity index is 1130. The number of methoxy groups -OCH3 is 2. The van der Waals surface area contributed by atoms with Crippen LogP contribution >= 0.6 is 0 Å². The molecule has 1 aliphatic heterocycles. The summed E-state index contributed by atoms with van der Waals surface area (Å²) in [6.45, 7) is 3.97. The van der Waals surface area contributed by atoms with Gasteiger partial charge in [-0.15, -0.1) is 0 Å². The van der Waals surface area contributed by atoms with Crippen LogP contribution in [0.2, 0.25) is 0 Å². The number of anilines is 1. The van der Waals surface area contributed by atoms with Crippen molar-refractivity contribution in [1.29, 1.82) is 0 Å². The Kier molecular flexibility index (Phi) is 7.08. The Morgan fingerprint density at radius 2 is 1.38 bits per heavy atom. The minimum Gasteiger partial charge on any atom is -0.494 e. The van der Waals surface area contributed by atoms with Crippen LogP contribution < -0.4 is 19.7 Å². The molecule has 174 valence electrons. The van der Waals surface area contributed by atoms with Crippen LogP contribution in [0.5, 0.6) is 11.5 Å². The lowest BCUT2D eigenvalue weighted by Crippen LogP contribution is -2.47. The fraction of sp³-hybridized carbons (Fsp3) is 0.250. The molecule has 0 bridgehead atoms. The number of hydrogen-bond acceptors (Lipinski definition) is 4. The van der Waals surface area contributed by atoms with Gasteiger partial charge in [0, 0.05) is 0 Å². The molecule has 3 aromatic carbocycles. The molecule has 0 aromatic heterocycles. The Morgan fingerprint density at radius 3 is 1.91 bits per heavy atom. The van der Waals surface area contributed by atoms with Gasteiger partial charge in [0.15, 0.2) is 0 Å². The monoisotopic (exact) mass is 455 g/mol. The Hall–Kier alpha value is -3.51. The summed E-state index contributed by atoms with van der Waals surface area (Å²) >= 11 is 0. The molecule has 0 unspecified atom stereocenters. The highest BCUT2D eigenvalue weighted by molar-refractivity contribution is 6.77. The zero-order valence-electron chi connectivity index (χ0n) is 20.2. The van der Waals surface area contributed by atoms with Crippen LogP contribution in [0.25, 0.3) is 12.2 Å². The van der Waals surface area contributed by atoms with Crippen molar-refractivity contribution in [2.45, 2.75) is 32.3 Å². The van der Waals surface area contributed by atoms with Gasteiger partial charge in [-0.05, 0) is 41.6 Å². The molecule has 1 heterocycles. The van der Waals surface area contributed by atoms with E-state index in [0.717, 1.165) is 16.6 Å². The first-order chi connectivity index (χ1) is 16.6. The van der Waals surface area contributed by atoms with E-state index < -0.39 is 12.7 Å². The summed E-state index contributed by atoms with van der Waals surface area (Å²) in [5, 5.41) is 0. The van der Waals surface area contributed by atoms with E-state index in [9.17, 15) is 4.79 Å². The SMILES string of the molecule is CCC1(CC)OB(c2ccc(/C=C/c3ccccc3)cc2)N(c2c(OC)cccc2OC)C1=O. The first kappa shape index (κ1) is 23.6. The number of amides is 1. The second kappa shape index (κ2) is 10.2. The van der Waals surface area contributed by atoms with Crippen LogP contribution in [0.3, 0.4) is 0 Å². The lowest BCUT2D eigenvalue weighted by molar-refractivity contribution is -0.129. The van der Waals surface area contributed by atoms with Crippen molar-refractivity contribution in [3.63, 3.8) is 0 Å². The molecule has 1 amide bonds. The minimum atomic E-state index is -0.900. The summed E-state index contributed by atoms with van der Waals surface area (Å²) in [5.41, 5.74) is 2.78. The van der Waals surface area contributed by atoms with Crippen molar-refractivity contribution in [2.75, 3.05) is 19.0 Å². The van der Waals surface area contributed by atoms with E-state index in [-0.39, 0.29) is 5.91 Å². The predicted octanol–water partition coefficient (Wildman–Crippen LogP) is 5.19. The number of benzene rings is 3. The number of rotatable bonds is 8. The lowest BCUT2D eigenvalue weighted by Gasteiger charge is -2.26. The van der Waals surface area contributed by atoms with Crippen LogP contribution in [-0.4, -0.2) is 32.8 Å². The first-order valence-electron chi connectivity index (χ1n) is 11.6. The van der Waals surface area contributed by atoms with Crippen LogP contribution in [0.1, 0.15) is 37.8 Å². The van der Waals surface area contributed by atoms with Gasteiger partial charge in [0.2, 0.25) is 5.91 Å². The van der Waals surface area contributed by atoms with Crippen molar-refractivity contribution in [1.82, 2.24) is 0 Å². The normalized spacial score (nSPS) is 15.2. The van der Waals surface area contributed by atoms with E-state index in [1.807, 2.05) is 74.5 Å². The number of nitrogens with zero attached hydrogens (tertiary/aromatic N) is 1. The van der Waals surface area contributed by atoms with Crippen LogP contribution in [0, 0.1) is 0 Å². The van der Waals surface area contributed by atoms with Gasteiger partial charge < -0.3 is 18.9 Å². The van der Waals surface area contributed by atoms with Crippen molar-refractivity contribution >= 4 is 36.3 Å². The summed E-state index contributed by atoms with van der Waals surface area (Å²) in [6, 6.07) is 23.8. The van der Waals surface area contributed by atoms with Gasteiger partial charge in [-0.3, -0.25) is 4.79 Å². The Balaban J connectivity index is 1.73. The molecule has 0 spiro atoms. The van der Waals surface area contributed by atoms with Crippen LogP contribution in [-0.2, 0) is 9.45 Å². The van der Waals surface area contributed by atoms with Gasteiger partial charge >= 0.3 is 7.05 Å². The third-order valence-corrected chi connectivity index (χ3v) is 6.45. The van der Waals surface area contributed by atoms with E-state index >= 15 is 0 Å². The molecule has 6 heteroatoms. The van der Waals surface area contributed by atoms with Crippen molar-refractivity contribution in [3.05, 3.63) is 83.9 Å². The number of carbonyl (C=O) groups excluding carboxylic acids is 1. The molecule has 0 saturated carbocycles. The molecule has 1 saturated heterocycles. The fourth-order valence-electron chi connectivity index (χ4n) is 4.40. The lowest BCUT2D eigenvalue weighted by atomic mass is 9.71. The Labute approximate surface area is 202 Å². The molecule has 1 fully saturated rings. The molecule has 5 nitrogen and oxygen atoms in total. The molecule has 34 heavy (non-hydrogen) atoms. The number of para-hydroxylation sites is 1. The summed E-state index contributed by atoms with van der Waals surface area (Å²) in [7, 11) is 2.59. The quantitative estimate of drug-likeness (QED) is 0.347. The number of hydrogen-bond donors (Lipinski definition) is 0. The fourth-order valence-corrected chi connectivity index (χ4v) is 4.40. The maximum Gasteiger partial charge on any atom is 0.460 e. The summed E-state index contributed by atoms with van der Waals surface area (Å²) in [4.78, 5) is 15.5. The molecule has 4 rings (SSSR count). The summed E-state index contributed by atoms with van der Waals surface area (Å²) in [5.74, 6) is 1.04. The second-order valence-corrected chi connectivity index (χ2v) is 8.27. The average molecular weight is 455 g/mol. The average Bonchev–Trinajstić information content (AvgIpc) is 3.19. The van der Waals surface area contributed by atoms with Gasteiger partial charge in [-0.25, -0.2) is 0 Å². The van der Waals surface area contributed by atoms with Gasteiger partial charge in [0.05, 0.1) is 14.2 Å². The van der Waals surface area contributed by atoms with Gasteiger partial charge in [-0.2, -0.15) is 0 Å². The second-order valence-electron chi connectivity index (χ2n) is 8.27. The largest absolute Gasteiger partial charge is 0.494 e. The van der Waals surface area contributed by atoms with Crippen LogP contribution in [0.4, 0.5) is 5.69 Å². The van der Waals surface area contributed by atoms with Gasteiger partial charge in [0.25, 0.3) is 0 Å². The van der Waals surface area contributed by atoms with E-state index in [4.69, 9.17) is 14.1 Å². The zero-order chi connectivity index (χ0) is 24.1. The third kappa shape index (κ3) is 4.33. The molecule has 0 aliphatic carbocycles. The van der Waals surface area contributed by atoms with E-state index in [0.29, 0.717) is 30.0 Å². The number of ether oxygens (including phenoxy) is 2. The van der Waals surface area contributed by atoms with Crippen molar-refractivity contribution in [2.24, 2.45) is 0 Å². The third-order valence-electron chi connectivity index (χ3n) is 6.45. The zero-order valence-corrected chi connectivity index (χ0v) is 20.2. The molecule has 0 atom stereocenters. The van der Waals surface area contributed by atoms with E-state index in [1.54, 1.807) is 19.0 Å². The molecular formula is C28H30BNO4. The minimum absolute atomic E-state index is 0.0849. The molecule has 1 aliphatic rings. The van der Waals surface area contributed by atoms with E-state index in [1.165, 1.54) is 0 Å². The topological polar surface area (TPSA) is 48.0 Å². The first-order valence-corrected chi connectivity index (χ1v) is 11.6. The van der Waals surface area contributed by atoms with Crippen molar-refractivity contribution in [3.8, 4) is 11.5 Å². The van der Waals surface area contributed by atoms with Gasteiger partial charge in [0.1, 0.15) is 22.8 Å².